The molecule has 0 unspecified atom stereocenters. The van der Waals surface area contributed by atoms with Gasteiger partial charge in [0.2, 0.25) is 12.2 Å². The molecule has 3 rings (SSSR count). The third-order valence-electron chi connectivity index (χ3n) is 4.01. The summed E-state index contributed by atoms with van der Waals surface area (Å²) in [4.78, 5) is 16.7. The van der Waals surface area contributed by atoms with Crippen molar-refractivity contribution in [2.24, 2.45) is 0 Å². The number of isocyanates is 2. The number of hydrogen-bond donors (Lipinski definition) is 2. The summed E-state index contributed by atoms with van der Waals surface area (Å²) in [6.45, 7) is 0. The van der Waals surface area contributed by atoms with E-state index in [0.29, 0.717) is 0 Å². The zero-order valence-corrected chi connectivity index (χ0v) is 16.2. The van der Waals surface area contributed by atoms with Crippen LogP contribution in [0.2, 0.25) is 0 Å². The second-order valence-electron chi connectivity index (χ2n) is 5.54. The van der Waals surface area contributed by atoms with E-state index >= 15 is 0 Å². The topological polar surface area (TPSA) is 100 Å². The molecule has 148 valence electrons. The molecule has 0 amide bonds. The Labute approximate surface area is 169 Å². The van der Waals surface area contributed by atoms with Crippen molar-refractivity contribution in [3.63, 3.8) is 0 Å². The second kappa shape index (κ2) is 13.2. The minimum atomic E-state index is 0.0995. The number of hydrogen-bond acceptors (Lipinski definition) is 6. The van der Waals surface area contributed by atoms with Crippen molar-refractivity contribution < 1.29 is 19.1 Å². The maximum absolute atomic E-state index is 8.35. The van der Waals surface area contributed by atoms with Crippen molar-refractivity contribution in [1.82, 2.24) is 0 Å². The number of rotatable bonds is 5. The zero-order valence-electron chi connectivity index (χ0n) is 16.2. The molecule has 0 aliphatic heterocycles. The van der Waals surface area contributed by atoms with E-state index in [4.69, 9.17) is 29.9 Å². The molecule has 6 nitrogen and oxygen atoms in total. The van der Waals surface area contributed by atoms with Gasteiger partial charge in [0.15, 0.2) is 11.5 Å². The van der Waals surface area contributed by atoms with E-state index in [-0.39, 0.29) is 5.92 Å². The fraction of sp³-hybridized carbons (Fsp3) is 0.130. The summed E-state index contributed by atoms with van der Waals surface area (Å²) in [7, 11) is 3.36. The van der Waals surface area contributed by atoms with Crippen molar-refractivity contribution in [3.8, 4) is 11.5 Å². The van der Waals surface area contributed by atoms with Gasteiger partial charge in [-0.2, -0.15) is 0 Å². The summed E-state index contributed by atoms with van der Waals surface area (Å²) in [6, 6.07) is 27.0. The molecular weight excluding hydrogens is 368 g/mol. The van der Waals surface area contributed by atoms with Gasteiger partial charge in [0.1, 0.15) is 0 Å². The maximum atomic E-state index is 8.35. The summed E-state index contributed by atoms with van der Waals surface area (Å²) < 4.78 is 11.1. The lowest BCUT2D eigenvalue weighted by atomic mass is 9.84. The first kappa shape index (κ1) is 23.1. The van der Waals surface area contributed by atoms with Crippen LogP contribution in [-0.4, -0.2) is 26.4 Å². The molecule has 2 N–H and O–H groups in total. The minimum absolute atomic E-state index is 0.0995. The lowest BCUT2D eigenvalue weighted by Gasteiger charge is -2.22. The molecular formula is C23H22N2O4. The molecule has 0 saturated heterocycles. The van der Waals surface area contributed by atoms with Crippen LogP contribution in [-0.2, 0) is 9.59 Å². The zero-order chi connectivity index (χ0) is 21.5. The average molecular weight is 390 g/mol. The third kappa shape index (κ3) is 6.60. The van der Waals surface area contributed by atoms with Crippen molar-refractivity contribution >= 4 is 12.2 Å². The summed E-state index contributed by atoms with van der Waals surface area (Å²) >= 11 is 0. The molecule has 0 bridgehead atoms. The van der Waals surface area contributed by atoms with Crippen molar-refractivity contribution in [2.75, 3.05) is 14.2 Å². The fourth-order valence-electron chi connectivity index (χ4n) is 2.98. The summed E-state index contributed by atoms with van der Waals surface area (Å²) in [6.07, 6.45) is 1.50. The standard InChI is InChI=1S/C21H20O2.2CHNO/c1-22-19-15-9-14-18(21(19)23-2)20(16-10-5-3-6-11-16)17-12-7-4-8-13-17;2*2-1-3/h3-15,20H,1-2H3;2*2H. The molecule has 0 aliphatic rings. The molecule has 3 aromatic carbocycles. The Morgan fingerprint density at radius 2 is 1.14 bits per heavy atom. The Bertz CT molecular complexity index is 880. The number of nitrogens with one attached hydrogen (secondary N) is 2. The number of benzene rings is 3. The van der Waals surface area contributed by atoms with Gasteiger partial charge in [0.05, 0.1) is 14.2 Å². The first-order valence-corrected chi connectivity index (χ1v) is 8.56. The van der Waals surface area contributed by atoms with Gasteiger partial charge < -0.3 is 9.47 Å². The molecule has 0 saturated carbocycles. The van der Waals surface area contributed by atoms with Crippen LogP contribution in [0.25, 0.3) is 0 Å². The largest absolute Gasteiger partial charge is 0.493 e. The quantitative estimate of drug-likeness (QED) is 0.375. The third-order valence-corrected chi connectivity index (χ3v) is 4.01. The monoisotopic (exact) mass is 390 g/mol. The minimum Gasteiger partial charge on any atom is -0.493 e. The van der Waals surface area contributed by atoms with E-state index in [1.54, 1.807) is 14.2 Å². The van der Waals surface area contributed by atoms with Gasteiger partial charge in [0.25, 0.3) is 0 Å². The highest BCUT2D eigenvalue weighted by molar-refractivity contribution is 5.54. The molecule has 0 fully saturated rings. The van der Waals surface area contributed by atoms with Gasteiger partial charge >= 0.3 is 0 Å². The highest BCUT2D eigenvalue weighted by Crippen LogP contribution is 2.41. The number of methoxy groups -OCH3 is 2. The summed E-state index contributed by atoms with van der Waals surface area (Å²) in [5, 5.41) is 10.8. The van der Waals surface area contributed by atoms with Crippen LogP contribution in [0.4, 0.5) is 0 Å². The molecule has 0 heterocycles. The first-order valence-electron chi connectivity index (χ1n) is 8.56. The number of carbonyl (C=O) groups excluding carboxylic acids is 2. The lowest BCUT2D eigenvalue weighted by molar-refractivity contribution is 0.351. The van der Waals surface area contributed by atoms with Crippen LogP contribution in [0.15, 0.2) is 78.9 Å². The smallest absolute Gasteiger partial charge is 0.231 e. The molecule has 0 aromatic heterocycles. The normalized spacial score (nSPS) is 8.93. The summed E-state index contributed by atoms with van der Waals surface area (Å²) in [5.74, 6) is 1.64. The van der Waals surface area contributed by atoms with Gasteiger partial charge in [-0.25, -0.2) is 20.4 Å². The van der Waals surface area contributed by atoms with Crippen LogP contribution >= 0.6 is 0 Å². The highest BCUT2D eigenvalue weighted by atomic mass is 16.5. The SMILES string of the molecule is COc1cccc(C(c2ccccc2)c2ccccc2)c1OC.N=C=O.N=C=O. The van der Waals surface area contributed by atoms with Crippen LogP contribution < -0.4 is 9.47 Å². The van der Waals surface area contributed by atoms with Crippen molar-refractivity contribution in [2.45, 2.75) is 5.92 Å². The molecule has 29 heavy (non-hydrogen) atoms. The van der Waals surface area contributed by atoms with E-state index in [9.17, 15) is 0 Å². The van der Waals surface area contributed by atoms with E-state index in [1.165, 1.54) is 11.1 Å². The Balaban J connectivity index is 0.000000626. The first-order chi connectivity index (χ1) is 14.2. The molecule has 0 radical (unpaired) electrons. The van der Waals surface area contributed by atoms with Crippen molar-refractivity contribution in [3.05, 3.63) is 95.6 Å². The van der Waals surface area contributed by atoms with Gasteiger partial charge in [-0.05, 0) is 17.2 Å². The lowest BCUT2D eigenvalue weighted by Crippen LogP contribution is -2.06. The number of para-hydroxylation sites is 1. The average Bonchev–Trinajstić information content (AvgIpc) is 2.76. The molecule has 0 spiro atoms. The summed E-state index contributed by atoms with van der Waals surface area (Å²) in [5.41, 5.74) is 3.56. The maximum Gasteiger partial charge on any atom is 0.231 e. The van der Waals surface area contributed by atoms with E-state index < -0.39 is 0 Å². The molecule has 3 aromatic rings. The predicted octanol–water partition coefficient (Wildman–Crippen LogP) is 4.69. The van der Waals surface area contributed by atoms with Crippen LogP contribution in [0.1, 0.15) is 22.6 Å². The van der Waals surface area contributed by atoms with E-state index in [1.807, 2.05) is 24.3 Å². The number of ether oxygens (including phenoxy) is 2. The molecule has 0 aliphatic carbocycles. The van der Waals surface area contributed by atoms with E-state index in [0.717, 1.165) is 29.2 Å². The van der Waals surface area contributed by atoms with Gasteiger partial charge in [0, 0.05) is 11.5 Å². The van der Waals surface area contributed by atoms with Crippen LogP contribution in [0, 0.1) is 10.8 Å². The Kier molecular flexibility index (Phi) is 10.5. The Hall–Kier alpha value is -3.98. The van der Waals surface area contributed by atoms with Gasteiger partial charge in [-0.3, -0.25) is 0 Å². The Morgan fingerprint density at radius 3 is 1.52 bits per heavy atom. The second-order valence-corrected chi connectivity index (χ2v) is 5.54. The van der Waals surface area contributed by atoms with Crippen molar-refractivity contribution in [1.29, 1.82) is 10.8 Å². The molecule has 6 heteroatoms. The van der Waals surface area contributed by atoms with Gasteiger partial charge in [-0.1, -0.05) is 72.8 Å². The van der Waals surface area contributed by atoms with Crippen LogP contribution in [0.5, 0.6) is 11.5 Å². The van der Waals surface area contributed by atoms with Crippen LogP contribution in [0.3, 0.4) is 0 Å². The van der Waals surface area contributed by atoms with Gasteiger partial charge in [-0.15, -0.1) is 0 Å². The molecule has 0 atom stereocenters. The van der Waals surface area contributed by atoms with E-state index in [2.05, 4.69) is 54.6 Å². The fourth-order valence-corrected chi connectivity index (χ4v) is 2.98. The Morgan fingerprint density at radius 1 is 0.690 bits per heavy atom. The highest BCUT2D eigenvalue weighted by Gasteiger charge is 2.22. The predicted molar refractivity (Wildman–Crippen MR) is 110 cm³/mol.